The SMILES string of the molecule is CC1(C)OB(Cc2cccc(O)c2)OC1(C)C. The van der Waals surface area contributed by atoms with Gasteiger partial charge in [0.15, 0.2) is 0 Å². The van der Waals surface area contributed by atoms with Gasteiger partial charge in [-0.1, -0.05) is 12.1 Å². The lowest BCUT2D eigenvalue weighted by Crippen LogP contribution is -2.41. The second kappa shape index (κ2) is 4.04. The highest BCUT2D eigenvalue weighted by Gasteiger charge is 2.50. The summed E-state index contributed by atoms with van der Waals surface area (Å²) in [5.74, 6) is 0.277. The molecule has 0 unspecified atom stereocenters. The smallest absolute Gasteiger partial charge is 0.462 e. The molecule has 1 heterocycles. The molecule has 3 nitrogen and oxygen atoms in total. The molecule has 0 aromatic heterocycles. The van der Waals surface area contributed by atoms with E-state index in [0.29, 0.717) is 6.32 Å². The van der Waals surface area contributed by atoms with Crippen LogP contribution in [0, 0.1) is 0 Å². The van der Waals surface area contributed by atoms with Gasteiger partial charge in [0.25, 0.3) is 0 Å². The Morgan fingerprint density at radius 3 is 2.24 bits per heavy atom. The highest BCUT2D eigenvalue weighted by Crippen LogP contribution is 2.37. The zero-order valence-corrected chi connectivity index (χ0v) is 10.9. The molecule has 1 aromatic carbocycles. The number of hydrogen-bond donors (Lipinski definition) is 1. The predicted molar refractivity (Wildman–Crippen MR) is 67.9 cm³/mol. The molecule has 1 aliphatic heterocycles. The predicted octanol–water partition coefficient (Wildman–Crippen LogP) is 2.57. The third-order valence-corrected chi connectivity index (χ3v) is 3.61. The Labute approximate surface area is 103 Å². The van der Waals surface area contributed by atoms with Crippen LogP contribution in [0.2, 0.25) is 0 Å². The average molecular weight is 234 g/mol. The van der Waals surface area contributed by atoms with Gasteiger partial charge in [-0.15, -0.1) is 0 Å². The maximum atomic E-state index is 9.41. The fourth-order valence-corrected chi connectivity index (χ4v) is 1.92. The van der Waals surface area contributed by atoms with E-state index in [1.54, 1.807) is 12.1 Å². The average Bonchev–Trinajstić information content (AvgIpc) is 2.34. The molecular weight excluding hydrogens is 215 g/mol. The van der Waals surface area contributed by atoms with Gasteiger partial charge in [0.2, 0.25) is 0 Å². The second-order valence-electron chi connectivity index (χ2n) is 5.56. The lowest BCUT2D eigenvalue weighted by Gasteiger charge is -2.32. The molecule has 0 atom stereocenters. The normalized spacial score (nSPS) is 21.8. The summed E-state index contributed by atoms with van der Waals surface area (Å²) in [5.41, 5.74) is 0.423. The van der Waals surface area contributed by atoms with Gasteiger partial charge in [0.1, 0.15) is 5.75 Å². The molecule has 0 bridgehead atoms. The molecular formula is C13H19BO3. The lowest BCUT2D eigenvalue weighted by molar-refractivity contribution is 0.00578. The molecule has 2 rings (SSSR count). The fourth-order valence-electron chi connectivity index (χ4n) is 1.92. The number of phenols is 1. The van der Waals surface area contributed by atoms with Gasteiger partial charge in [-0.2, -0.15) is 0 Å². The minimum atomic E-state index is -0.297. The van der Waals surface area contributed by atoms with Crippen molar-refractivity contribution in [3.8, 4) is 5.75 Å². The van der Waals surface area contributed by atoms with E-state index in [-0.39, 0.29) is 24.1 Å². The van der Waals surface area contributed by atoms with E-state index in [2.05, 4.69) is 0 Å². The van der Waals surface area contributed by atoms with Gasteiger partial charge < -0.3 is 14.4 Å². The fraction of sp³-hybridized carbons (Fsp3) is 0.538. The van der Waals surface area contributed by atoms with Crippen molar-refractivity contribution in [3.63, 3.8) is 0 Å². The first-order valence-electron chi connectivity index (χ1n) is 5.94. The Bertz CT molecular complexity index is 399. The summed E-state index contributed by atoms with van der Waals surface area (Å²) in [6.07, 6.45) is 0.654. The summed E-state index contributed by atoms with van der Waals surface area (Å²) in [4.78, 5) is 0. The van der Waals surface area contributed by atoms with Crippen molar-refractivity contribution in [3.05, 3.63) is 29.8 Å². The van der Waals surface area contributed by atoms with E-state index in [4.69, 9.17) is 9.31 Å². The Morgan fingerprint density at radius 1 is 1.12 bits per heavy atom. The molecule has 1 saturated heterocycles. The highest BCUT2D eigenvalue weighted by atomic mass is 16.7. The Morgan fingerprint density at radius 2 is 1.71 bits per heavy atom. The molecule has 92 valence electrons. The van der Waals surface area contributed by atoms with Crippen molar-refractivity contribution in [2.45, 2.75) is 45.2 Å². The van der Waals surface area contributed by atoms with Gasteiger partial charge in [0, 0.05) is 6.32 Å². The van der Waals surface area contributed by atoms with Crippen LogP contribution in [0.4, 0.5) is 0 Å². The van der Waals surface area contributed by atoms with Crippen LogP contribution < -0.4 is 0 Å². The topological polar surface area (TPSA) is 38.7 Å². The quantitative estimate of drug-likeness (QED) is 0.799. The molecule has 1 aromatic rings. The summed E-state index contributed by atoms with van der Waals surface area (Å²) in [6.45, 7) is 8.15. The molecule has 1 aliphatic rings. The van der Waals surface area contributed by atoms with Crippen molar-refractivity contribution < 1.29 is 14.4 Å². The highest BCUT2D eigenvalue weighted by molar-refractivity contribution is 6.45. The van der Waals surface area contributed by atoms with Crippen LogP contribution >= 0.6 is 0 Å². The summed E-state index contributed by atoms with van der Waals surface area (Å²) >= 11 is 0. The molecule has 1 fully saturated rings. The van der Waals surface area contributed by atoms with E-state index in [0.717, 1.165) is 5.56 Å². The van der Waals surface area contributed by atoms with E-state index in [9.17, 15) is 5.11 Å². The minimum absolute atomic E-state index is 0.248. The van der Waals surface area contributed by atoms with Gasteiger partial charge in [0.05, 0.1) is 11.2 Å². The first-order chi connectivity index (χ1) is 7.80. The van der Waals surface area contributed by atoms with Crippen LogP contribution in [0.3, 0.4) is 0 Å². The maximum Gasteiger partial charge on any atom is 0.462 e. The van der Waals surface area contributed by atoms with E-state index in [1.165, 1.54) is 0 Å². The standard InChI is InChI=1S/C13H19BO3/c1-12(2)13(3,4)17-14(16-12)9-10-6-5-7-11(15)8-10/h5-8,15H,9H2,1-4H3. The summed E-state index contributed by atoms with van der Waals surface area (Å²) in [6, 6.07) is 7.19. The number of rotatable bonds is 2. The van der Waals surface area contributed by atoms with Gasteiger partial charge in [-0.25, -0.2) is 0 Å². The molecule has 0 saturated carbocycles. The first kappa shape index (κ1) is 12.5. The van der Waals surface area contributed by atoms with Gasteiger partial charge in [-0.3, -0.25) is 0 Å². The summed E-state index contributed by atoms with van der Waals surface area (Å²) in [5, 5.41) is 9.41. The lowest BCUT2D eigenvalue weighted by atomic mass is 9.81. The van der Waals surface area contributed by atoms with Crippen molar-refractivity contribution in [2.75, 3.05) is 0 Å². The van der Waals surface area contributed by atoms with Crippen molar-refractivity contribution in [1.29, 1.82) is 0 Å². The third kappa shape index (κ3) is 2.48. The number of benzene rings is 1. The van der Waals surface area contributed by atoms with Crippen molar-refractivity contribution in [2.24, 2.45) is 0 Å². The van der Waals surface area contributed by atoms with Crippen LogP contribution in [0.15, 0.2) is 24.3 Å². The van der Waals surface area contributed by atoms with Gasteiger partial charge in [-0.05, 0) is 45.4 Å². The van der Waals surface area contributed by atoms with Crippen LogP contribution in [-0.2, 0) is 15.6 Å². The van der Waals surface area contributed by atoms with Crippen molar-refractivity contribution >= 4 is 7.12 Å². The van der Waals surface area contributed by atoms with E-state index < -0.39 is 0 Å². The van der Waals surface area contributed by atoms with E-state index in [1.807, 2.05) is 39.8 Å². The molecule has 4 heteroatoms. The number of hydrogen-bond acceptors (Lipinski definition) is 3. The number of phenolic OH excluding ortho intramolecular Hbond substituents is 1. The largest absolute Gasteiger partial charge is 0.508 e. The molecule has 17 heavy (non-hydrogen) atoms. The summed E-state index contributed by atoms with van der Waals surface area (Å²) < 4.78 is 11.8. The zero-order valence-electron chi connectivity index (χ0n) is 10.9. The molecule has 0 aliphatic carbocycles. The zero-order chi connectivity index (χ0) is 12.7. The minimum Gasteiger partial charge on any atom is -0.508 e. The van der Waals surface area contributed by atoms with Crippen LogP contribution in [-0.4, -0.2) is 23.4 Å². The molecule has 0 spiro atoms. The van der Waals surface area contributed by atoms with Crippen molar-refractivity contribution in [1.82, 2.24) is 0 Å². The monoisotopic (exact) mass is 234 g/mol. The molecule has 0 amide bonds. The Kier molecular flexibility index (Phi) is 2.96. The van der Waals surface area contributed by atoms with Crippen LogP contribution in [0.1, 0.15) is 33.3 Å². The van der Waals surface area contributed by atoms with Crippen LogP contribution in [0.5, 0.6) is 5.75 Å². The number of aromatic hydroxyl groups is 1. The first-order valence-corrected chi connectivity index (χ1v) is 5.94. The van der Waals surface area contributed by atoms with Gasteiger partial charge >= 0.3 is 7.12 Å². The Hall–Kier alpha value is -0.995. The Balaban J connectivity index is 2.08. The summed E-state index contributed by atoms with van der Waals surface area (Å²) in [7, 11) is -0.248. The van der Waals surface area contributed by atoms with Crippen LogP contribution in [0.25, 0.3) is 0 Å². The maximum absolute atomic E-state index is 9.41. The second-order valence-corrected chi connectivity index (χ2v) is 5.56. The third-order valence-electron chi connectivity index (χ3n) is 3.61. The molecule has 1 N–H and O–H groups in total. The molecule has 0 radical (unpaired) electrons. The van der Waals surface area contributed by atoms with E-state index >= 15 is 0 Å².